The Morgan fingerprint density at radius 3 is 3.05 bits per heavy atom. The van der Waals surface area contributed by atoms with E-state index in [1.807, 2.05) is 0 Å². The van der Waals surface area contributed by atoms with Crippen molar-refractivity contribution in [2.75, 3.05) is 26.0 Å². The molecule has 0 atom stereocenters. The summed E-state index contributed by atoms with van der Waals surface area (Å²) < 4.78 is 10.1. The minimum absolute atomic E-state index is 0.121. The fourth-order valence-corrected chi connectivity index (χ4v) is 1.61. The average Bonchev–Trinajstić information content (AvgIpc) is 2.97. The maximum atomic E-state index is 11.9. The van der Waals surface area contributed by atoms with Crippen LogP contribution in [0.4, 0.5) is 5.82 Å². The fraction of sp³-hybridized carbons (Fsp3) is 0.308. The van der Waals surface area contributed by atoms with Gasteiger partial charge in [0.1, 0.15) is 5.82 Å². The lowest BCUT2D eigenvalue weighted by Crippen LogP contribution is -2.26. The highest BCUT2D eigenvalue weighted by atomic mass is 16.5. The van der Waals surface area contributed by atoms with Gasteiger partial charge in [0.15, 0.2) is 11.6 Å². The van der Waals surface area contributed by atoms with Crippen LogP contribution in [0.15, 0.2) is 29.0 Å². The van der Waals surface area contributed by atoms with E-state index in [9.17, 15) is 4.79 Å². The van der Waals surface area contributed by atoms with Gasteiger partial charge in [0, 0.05) is 26.5 Å². The predicted molar refractivity (Wildman–Crippen MR) is 73.0 cm³/mol. The van der Waals surface area contributed by atoms with Crippen molar-refractivity contribution in [3.63, 3.8) is 0 Å². The number of hydrogen-bond donors (Lipinski definition) is 2. The van der Waals surface area contributed by atoms with Crippen molar-refractivity contribution >= 4 is 11.7 Å². The summed E-state index contributed by atoms with van der Waals surface area (Å²) in [4.78, 5) is 20.0. The average molecular weight is 276 g/mol. The van der Waals surface area contributed by atoms with Crippen LogP contribution in [0.3, 0.4) is 0 Å². The lowest BCUT2D eigenvalue weighted by atomic mass is 10.2. The molecule has 0 spiro atoms. The predicted octanol–water partition coefficient (Wildman–Crippen LogP) is 1.09. The summed E-state index contributed by atoms with van der Waals surface area (Å²) in [6, 6.07) is 3.45. The number of furan rings is 1. The summed E-state index contributed by atoms with van der Waals surface area (Å²) in [5, 5.41) is 2.73. The quantitative estimate of drug-likeness (QED) is 0.765. The zero-order valence-electron chi connectivity index (χ0n) is 11.1. The molecule has 7 nitrogen and oxygen atoms in total. The number of carbonyl (C=O) groups excluding carboxylic acids is 1. The Morgan fingerprint density at radius 2 is 2.40 bits per heavy atom. The number of amides is 1. The second-order valence-electron chi connectivity index (χ2n) is 4.07. The standard InChI is InChI=1S/C13H16N4O3/c1-19-6-3-5-15-13(18)9-8-16-12(17-11(9)14)10-4-2-7-20-10/h2,4,7-8H,3,5-6H2,1H3,(H,15,18)(H2,14,16,17). The molecule has 0 aromatic carbocycles. The number of nitrogens with two attached hydrogens (primary N) is 1. The molecule has 2 aromatic rings. The van der Waals surface area contributed by atoms with Crippen LogP contribution in [0.5, 0.6) is 0 Å². The van der Waals surface area contributed by atoms with Gasteiger partial charge in [0.05, 0.1) is 11.8 Å². The molecule has 2 rings (SSSR count). The first-order valence-electron chi connectivity index (χ1n) is 6.16. The number of nitrogens with zero attached hydrogens (tertiary/aromatic N) is 2. The lowest BCUT2D eigenvalue weighted by Gasteiger charge is -2.07. The van der Waals surface area contributed by atoms with Crippen molar-refractivity contribution in [3.05, 3.63) is 30.2 Å². The van der Waals surface area contributed by atoms with E-state index in [4.69, 9.17) is 14.9 Å². The van der Waals surface area contributed by atoms with Crippen molar-refractivity contribution in [2.45, 2.75) is 6.42 Å². The van der Waals surface area contributed by atoms with Gasteiger partial charge < -0.3 is 20.2 Å². The van der Waals surface area contributed by atoms with Crippen molar-refractivity contribution in [2.24, 2.45) is 0 Å². The summed E-state index contributed by atoms with van der Waals surface area (Å²) in [7, 11) is 1.61. The van der Waals surface area contributed by atoms with Crippen molar-refractivity contribution in [3.8, 4) is 11.6 Å². The molecule has 7 heteroatoms. The van der Waals surface area contributed by atoms with Crippen LogP contribution in [-0.4, -0.2) is 36.1 Å². The van der Waals surface area contributed by atoms with E-state index in [2.05, 4.69) is 15.3 Å². The van der Waals surface area contributed by atoms with Crippen LogP contribution in [0.2, 0.25) is 0 Å². The topological polar surface area (TPSA) is 103 Å². The van der Waals surface area contributed by atoms with Crippen molar-refractivity contribution < 1.29 is 13.9 Å². The van der Waals surface area contributed by atoms with Gasteiger partial charge >= 0.3 is 0 Å². The van der Waals surface area contributed by atoms with E-state index in [1.54, 1.807) is 19.2 Å². The minimum atomic E-state index is -0.301. The second kappa shape index (κ2) is 6.67. The number of rotatable bonds is 6. The maximum Gasteiger partial charge on any atom is 0.256 e. The first-order chi connectivity index (χ1) is 9.72. The number of nitrogen functional groups attached to an aromatic ring is 1. The molecular formula is C13H16N4O3. The summed E-state index contributed by atoms with van der Waals surface area (Å²) in [5.41, 5.74) is 6.03. The Labute approximate surface area is 116 Å². The van der Waals surface area contributed by atoms with E-state index in [0.717, 1.165) is 6.42 Å². The number of hydrogen-bond acceptors (Lipinski definition) is 6. The third-order valence-corrected chi connectivity index (χ3v) is 2.62. The highest BCUT2D eigenvalue weighted by Gasteiger charge is 2.13. The molecular weight excluding hydrogens is 260 g/mol. The van der Waals surface area contributed by atoms with Crippen LogP contribution in [0.25, 0.3) is 11.6 Å². The Hall–Kier alpha value is -2.41. The Kier molecular flexibility index (Phi) is 4.67. The molecule has 0 aliphatic rings. The van der Waals surface area contributed by atoms with Crippen molar-refractivity contribution in [1.29, 1.82) is 0 Å². The number of methoxy groups -OCH3 is 1. The third kappa shape index (κ3) is 3.33. The maximum absolute atomic E-state index is 11.9. The zero-order valence-corrected chi connectivity index (χ0v) is 11.1. The Bertz CT molecular complexity index is 569. The fourth-order valence-electron chi connectivity index (χ4n) is 1.61. The molecule has 0 saturated heterocycles. The molecule has 0 radical (unpaired) electrons. The highest BCUT2D eigenvalue weighted by Crippen LogP contribution is 2.17. The lowest BCUT2D eigenvalue weighted by molar-refractivity contribution is 0.0949. The van der Waals surface area contributed by atoms with Gasteiger partial charge in [0.25, 0.3) is 5.91 Å². The largest absolute Gasteiger partial charge is 0.461 e. The number of carbonyl (C=O) groups is 1. The molecule has 0 saturated carbocycles. The van der Waals surface area contributed by atoms with Gasteiger partial charge in [0.2, 0.25) is 0 Å². The first kappa shape index (κ1) is 14.0. The molecule has 0 aliphatic heterocycles. The van der Waals surface area contributed by atoms with Crippen LogP contribution in [0.1, 0.15) is 16.8 Å². The highest BCUT2D eigenvalue weighted by molar-refractivity contribution is 5.98. The molecule has 20 heavy (non-hydrogen) atoms. The van der Waals surface area contributed by atoms with E-state index < -0.39 is 0 Å². The number of ether oxygens (including phenoxy) is 1. The summed E-state index contributed by atoms with van der Waals surface area (Å²) in [6.07, 6.45) is 3.64. The molecule has 0 fully saturated rings. The molecule has 1 amide bonds. The summed E-state index contributed by atoms with van der Waals surface area (Å²) in [6.45, 7) is 1.09. The number of aromatic nitrogens is 2. The molecule has 0 unspecified atom stereocenters. The van der Waals surface area contributed by atoms with Gasteiger partial charge in [-0.2, -0.15) is 0 Å². The number of nitrogens with one attached hydrogen (secondary N) is 1. The van der Waals surface area contributed by atoms with Crippen LogP contribution in [-0.2, 0) is 4.74 Å². The van der Waals surface area contributed by atoms with E-state index in [1.165, 1.54) is 12.5 Å². The van der Waals surface area contributed by atoms with Crippen molar-refractivity contribution in [1.82, 2.24) is 15.3 Å². The minimum Gasteiger partial charge on any atom is -0.461 e. The first-order valence-corrected chi connectivity index (χ1v) is 6.16. The Morgan fingerprint density at radius 1 is 1.55 bits per heavy atom. The molecule has 2 aromatic heterocycles. The van der Waals surface area contributed by atoms with Gasteiger partial charge in [-0.15, -0.1) is 0 Å². The van der Waals surface area contributed by atoms with Crippen LogP contribution < -0.4 is 11.1 Å². The smallest absolute Gasteiger partial charge is 0.256 e. The van der Waals surface area contributed by atoms with E-state index >= 15 is 0 Å². The molecule has 2 heterocycles. The monoisotopic (exact) mass is 276 g/mol. The van der Waals surface area contributed by atoms with Gasteiger partial charge in [-0.3, -0.25) is 4.79 Å². The molecule has 3 N–H and O–H groups in total. The summed E-state index contributed by atoms with van der Waals surface area (Å²) in [5.74, 6) is 0.674. The molecule has 0 bridgehead atoms. The zero-order chi connectivity index (χ0) is 14.4. The Balaban J connectivity index is 2.04. The van der Waals surface area contributed by atoms with Crippen LogP contribution >= 0.6 is 0 Å². The van der Waals surface area contributed by atoms with Gasteiger partial charge in [-0.25, -0.2) is 9.97 Å². The molecule has 0 aliphatic carbocycles. The third-order valence-electron chi connectivity index (χ3n) is 2.62. The van der Waals surface area contributed by atoms with Gasteiger partial charge in [-0.1, -0.05) is 0 Å². The van der Waals surface area contributed by atoms with E-state index in [-0.39, 0.29) is 17.3 Å². The van der Waals surface area contributed by atoms with Gasteiger partial charge in [-0.05, 0) is 18.6 Å². The number of anilines is 1. The second-order valence-corrected chi connectivity index (χ2v) is 4.07. The normalized spacial score (nSPS) is 10.4. The summed E-state index contributed by atoms with van der Waals surface area (Å²) >= 11 is 0. The van der Waals surface area contributed by atoms with Crippen LogP contribution in [0, 0.1) is 0 Å². The molecule has 106 valence electrons. The SMILES string of the molecule is COCCCNC(=O)c1cnc(-c2ccco2)nc1N. The van der Waals surface area contributed by atoms with E-state index in [0.29, 0.717) is 24.7 Å².